The van der Waals surface area contributed by atoms with Crippen LogP contribution in [-0.2, 0) is 55.6 Å². The largest absolute Gasteiger partial charge is 0.687 e. The Morgan fingerprint density at radius 2 is 0.533 bits per heavy atom. The summed E-state index contributed by atoms with van der Waals surface area (Å²) in [6.07, 6.45) is 2.17. The fraction of sp³-hybridized carbons (Fsp3) is 1.00. The molecular weight excluding hydrogens is 604 g/mol. The first kappa shape index (κ1) is 44.7. The van der Waals surface area contributed by atoms with Gasteiger partial charge >= 0.3 is 9.05 Å². The van der Waals surface area contributed by atoms with Gasteiger partial charge in [-0.1, -0.05) is 53.4 Å². The molecule has 0 aliphatic carbocycles. The normalized spacial score (nSPS) is 18.9. The highest BCUT2D eigenvalue weighted by Gasteiger charge is 2.53. The highest BCUT2D eigenvalue weighted by atomic mass is 28.4. The first-order valence-corrected chi connectivity index (χ1v) is 18.8. The molecule has 0 bridgehead atoms. The van der Waals surface area contributed by atoms with E-state index >= 15 is 0 Å². The molecule has 0 heterocycles. The van der Waals surface area contributed by atoms with Crippen molar-refractivity contribution in [2.45, 2.75) is 185 Å². The van der Waals surface area contributed by atoms with E-state index in [0.717, 1.165) is 51.4 Å². The van der Waals surface area contributed by atoms with Gasteiger partial charge in [-0.2, -0.15) is 0 Å². The van der Waals surface area contributed by atoms with Crippen LogP contribution < -0.4 is 0 Å². The summed E-state index contributed by atoms with van der Waals surface area (Å²) in [6.45, 7) is 24.8. The van der Waals surface area contributed by atoms with Crippen LogP contribution in [0.2, 0.25) is 0 Å². The zero-order chi connectivity index (χ0) is 34.1. The van der Waals surface area contributed by atoms with Crippen LogP contribution in [0.3, 0.4) is 0 Å². The van der Waals surface area contributed by atoms with Crippen LogP contribution in [0, 0.1) is 0 Å². The molecule has 0 spiro atoms. The van der Waals surface area contributed by atoms with E-state index in [1.807, 2.05) is 27.7 Å². The van der Waals surface area contributed by atoms with Crippen LogP contribution in [0.25, 0.3) is 0 Å². The maximum Gasteiger partial charge on any atom is 0.687 e. The van der Waals surface area contributed by atoms with Gasteiger partial charge in [0.15, 0.2) is 50.3 Å². The van der Waals surface area contributed by atoms with Gasteiger partial charge in [0.25, 0.3) is 0 Å². The molecule has 8 atom stereocenters. The summed E-state index contributed by atoms with van der Waals surface area (Å²) in [5.41, 5.74) is 0. The van der Waals surface area contributed by atoms with Crippen molar-refractivity contribution < 1.29 is 55.6 Å². The molecule has 0 aliphatic rings. The summed E-state index contributed by atoms with van der Waals surface area (Å²) in [4.78, 5) is 0. The van der Waals surface area contributed by atoms with Crippen molar-refractivity contribution in [1.82, 2.24) is 0 Å². The van der Waals surface area contributed by atoms with Crippen molar-refractivity contribution in [1.29, 1.82) is 0 Å². The Bertz CT molecular complexity index is 554. The van der Waals surface area contributed by atoms with Crippen molar-refractivity contribution in [2.24, 2.45) is 0 Å². The van der Waals surface area contributed by atoms with Crippen LogP contribution in [0.4, 0.5) is 0 Å². The lowest BCUT2D eigenvalue weighted by Gasteiger charge is -2.37. The fourth-order valence-electron chi connectivity index (χ4n) is 3.90. The predicted octanol–water partition coefficient (Wildman–Crippen LogP) is 7.59. The van der Waals surface area contributed by atoms with Gasteiger partial charge in [0.1, 0.15) is 0 Å². The molecule has 8 unspecified atom stereocenters. The van der Waals surface area contributed by atoms with E-state index in [2.05, 4.69) is 27.7 Å². The maximum atomic E-state index is 6.37. The third-order valence-corrected chi connectivity index (χ3v) is 8.66. The summed E-state index contributed by atoms with van der Waals surface area (Å²) in [7, 11) is -4.19. The third-order valence-electron chi connectivity index (χ3n) is 6.18. The minimum absolute atomic E-state index is 0.541. The molecule has 0 N–H and O–H groups in total. The van der Waals surface area contributed by atoms with Gasteiger partial charge in [0.2, 0.25) is 0 Å². The molecule has 0 rings (SSSR count). The average molecular weight is 673 g/mol. The molecule has 0 saturated heterocycles. The molecular formula is C32H68O12Si. The summed E-state index contributed by atoms with van der Waals surface area (Å²) >= 11 is 0. The van der Waals surface area contributed by atoms with Gasteiger partial charge in [0, 0.05) is 26.4 Å². The highest BCUT2D eigenvalue weighted by Crippen LogP contribution is 2.25. The molecule has 13 heteroatoms. The first-order chi connectivity index (χ1) is 21.4. The molecule has 0 aromatic heterocycles. The van der Waals surface area contributed by atoms with Crippen LogP contribution in [0.5, 0.6) is 0 Å². The monoisotopic (exact) mass is 672 g/mol. The Balaban J connectivity index is 6.03. The van der Waals surface area contributed by atoms with Gasteiger partial charge in [-0.15, -0.1) is 0 Å². The van der Waals surface area contributed by atoms with E-state index in [0.29, 0.717) is 26.4 Å². The SMILES string of the molecule is CCCCOC(C)OC(C)O[Si](OC(C)OC(C)OCCCC)(OC(C)OC(C)OCCCC)OC(C)OC(C)OCCCC. The number of hydrogen-bond acceptors (Lipinski definition) is 12. The lowest BCUT2D eigenvalue weighted by molar-refractivity contribution is -0.292. The van der Waals surface area contributed by atoms with E-state index in [1.165, 1.54) is 0 Å². The summed E-state index contributed by atoms with van der Waals surface area (Å²) < 4.78 is 72.6. The van der Waals surface area contributed by atoms with E-state index < -0.39 is 59.4 Å². The fourth-order valence-corrected chi connectivity index (χ4v) is 6.08. The lowest BCUT2D eigenvalue weighted by Crippen LogP contribution is -2.57. The van der Waals surface area contributed by atoms with E-state index in [4.69, 9.17) is 55.6 Å². The van der Waals surface area contributed by atoms with Crippen LogP contribution in [0.1, 0.15) is 134 Å². The zero-order valence-electron chi connectivity index (χ0n) is 30.5. The maximum absolute atomic E-state index is 6.37. The molecule has 0 fully saturated rings. The van der Waals surface area contributed by atoms with Gasteiger partial charge in [-0.3, -0.25) is 0 Å². The Morgan fingerprint density at radius 3 is 0.711 bits per heavy atom. The Hall–Kier alpha value is -0.263. The molecule has 0 aromatic carbocycles. The quantitative estimate of drug-likeness (QED) is 0.0399. The minimum Gasteiger partial charge on any atom is -0.353 e. The average Bonchev–Trinajstić information content (AvgIpc) is 2.92. The third kappa shape index (κ3) is 24.5. The van der Waals surface area contributed by atoms with E-state index in [-0.39, 0.29) is 0 Å². The molecule has 12 nitrogen and oxygen atoms in total. The van der Waals surface area contributed by atoms with Crippen LogP contribution in [-0.4, -0.2) is 85.8 Å². The van der Waals surface area contributed by atoms with Crippen molar-refractivity contribution in [3.63, 3.8) is 0 Å². The lowest BCUT2D eigenvalue weighted by atomic mass is 10.4. The Morgan fingerprint density at radius 1 is 0.333 bits per heavy atom. The Kier molecular flexibility index (Phi) is 27.5. The van der Waals surface area contributed by atoms with Crippen molar-refractivity contribution in [2.75, 3.05) is 26.4 Å². The van der Waals surface area contributed by atoms with Gasteiger partial charge < -0.3 is 55.6 Å². The molecule has 45 heavy (non-hydrogen) atoms. The molecule has 0 saturated carbocycles. The van der Waals surface area contributed by atoms with Gasteiger partial charge in [-0.25, -0.2) is 0 Å². The summed E-state index contributed by atoms with van der Waals surface area (Å²) in [5, 5.41) is 0. The van der Waals surface area contributed by atoms with E-state index in [1.54, 1.807) is 27.7 Å². The smallest absolute Gasteiger partial charge is 0.353 e. The number of unbranched alkanes of at least 4 members (excludes halogenated alkanes) is 4. The first-order valence-electron chi connectivity index (χ1n) is 17.2. The predicted molar refractivity (Wildman–Crippen MR) is 174 cm³/mol. The van der Waals surface area contributed by atoms with Crippen LogP contribution in [0.15, 0.2) is 0 Å². The molecule has 272 valence electrons. The van der Waals surface area contributed by atoms with Gasteiger partial charge in [0.05, 0.1) is 0 Å². The highest BCUT2D eigenvalue weighted by molar-refractivity contribution is 6.53. The standard InChI is InChI=1S/C32H68O12Si/c1-13-17-21-33-25(5)37-29(9)41-45(42-30(10)38-26(6)34-22-18-14-2,43-31(11)39-27(7)35-23-19-15-3)44-32(12)40-28(8)36-24-20-16-4/h25-32H,13-24H2,1-12H3. The summed E-state index contributed by atoms with van der Waals surface area (Å²) in [5.74, 6) is 0. The molecule has 0 aromatic rings. The number of hydrogen-bond donors (Lipinski definition) is 0. The van der Waals surface area contributed by atoms with E-state index in [9.17, 15) is 0 Å². The minimum atomic E-state index is -4.19. The topological polar surface area (TPSA) is 111 Å². The molecule has 0 aliphatic heterocycles. The zero-order valence-corrected chi connectivity index (χ0v) is 31.5. The van der Waals surface area contributed by atoms with Crippen LogP contribution >= 0.6 is 0 Å². The number of rotatable bonds is 32. The number of ether oxygens (including phenoxy) is 8. The second kappa shape index (κ2) is 27.7. The van der Waals surface area contributed by atoms with Crippen molar-refractivity contribution in [3.05, 3.63) is 0 Å². The van der Waals surface area contributed by atoms with Gasteiger partial charge in [-0.05, 0) is 81.1 Å². The van der Waals surface area contributed by atoms with Crippen molar-refractivity contribution >= 4 is 9.05 Å². The molecule has 0 radical (unpaired) electrons. The second-order valence-corrected chi connectivity index (χ2v) is 12.9. The molecule has 0 amide bonds. The Labute approximate surface area is 275 Å². The second-order valence-electron chi connectivity index (χ2n) is 11.0. The summed E-state index contributed by atoms with van der Waals surface area (Å²) in [6, 6.07) is 0. The van der Waals surface area contributed by atoms with Crippen molar-refractivity contribution in [3.8, 4) is 0 Å².